The second kappa shape index (κ2) is 7.89. The topological polar surface area (TPSA) is 71.7 Å². The molecule has 0 saturated carbocycles. The summed E-state index contributed by atoms with van der Waals surface area (Å²) in [7, 11) is 1.46. The van der Waals surface area contributed by atoms with E-state index in [1.165, 1.54) is 31.6 Å². The quantitative estimate of drug-likeness (QED) is 0.822. The molecule has 0 saturated heterocycles. The van der Waals surface area contributed by atoms with E-state index in [9.17, 15) is 14.3 Å². The van der Waals surface area contributed by atoms with E-state index < -0.39 is 11.9 Å². The number of rotatable bonds is 7. The number of hydrogen-bond donors (Lipinski definition) is 2. The molecule has 2 atom stereocenters. The molecule has 1 aromatic heterocycles. The van der Waals surface area contributed by atoms with Crippen molar-refractivity contribution in [1.82, 2.24) is 5.32 Å². The Morgan fingerprint density at radius 2 is 2.22 bits per heavy atom. The van der Waals surface area contributed by atoms with Gasteiger partial charge >= 0.3 is 0 Å². The summed E-state index contributed by atoms with van der Waals surface area (Å²) in [6.45, 7) is 1.88. The van der Waals surface area contributed by atoms with E-state index in [1.807, 2.05) is 0 Å². The molecule has 2 N–H and O–H groups in total. The normalized spacial score (nSPS) is 13.6. The fraction of sp³-hybridized carbons (Fsp3) is 0.353. The smallest absolute Gasteiger partial charge is 0.251 e. The van der Waals surface area contributed by atoms with Crippen molar-refractivity contribution in [1.29, 1.82) is 0 Å². The van der Waals surface area contributed by atoms with E-state index in [1.54, 1.807) is 19.1 Å². The van der Waals surface area contributed by atoms with Crippen molar-refractivity contribution in [3.8, 4) is 0 Å². The molecule has 23 heavy (non-hydrogen) atoms. The van der Waals surface area contributed by atoms with Crippen LogP contribution in [0.5, 0.6) is 0 Å². The largest absolute Gasteiger partial charge is 0.467 e. The Hall–Kier alpha value is -2.18. The van der Waals surface area contributed by atoms with E-state index >= 15 is 0 Å². The molecule has 0 bridgehead atoms. The Bertz CT molecular complexity index is 642. The second-order valence-electron chi connectivity index (χ2n) is 5.38. The van der Waals surface area contributed by atoms with E-state index in [0.717, 1.165) is 0 Å². The molecule has 1 aromatic carbocycles. The van der Waals surface area contributed by atoms with Gasteiger partial charge in [-0.05, 0) is 37.3 Å². The number of carbonyl (C=O) groups is 1. The van der Waals surface area contributed by atoms with E-state index in [0.29, 0.717) is 23.3 Å². The van der Waals surface area contributed by atoms with E-state index in [4.69, 9.17) is 9.15 Å². The zero-order valence-corrected chi connectivity index (χ0v) is 13.1. The molecule has 2 rings (SSSR count). The van der Waals surface area contributed by atoms with Crippen LogP contribution in [0.15, 0.2) is 41.0 Å². The van der Waals surface area contributed by atoms with Crippen LogP contribution < -0.4 is 5.32 Å². The number of benzene rings is 1. The van der Waals surface area contributed by atoms with Gasteiger partial charge in [0.1, 0.15) is 17.7 Å². The predicted octanol–water partition coefficient (Wildman–Crippen LogP) is 2.81. The second-order valence-corrected chi connectivity index (χ2v) is 5.38. The summed E-state index contributed by atoms with van der Waals surface area (Å²) >= 11 is 0. The number of carbonyl (C=O) groups excluding carboxylic acids is 1. The molecule has 0 fully saturated rings. The van der Waals surface area contributed by atoms with Crippen LogP contribution in [0.25, 0.3) is 0 Å². The molecule has 0 aliphatic rings. The van der Waals surface area contributed by atoms with Crippen LogP contribution in [0.3, 0.4) is 0 Å². The molecular formula is C17H20FNO4. The van der Waals surface area contributed by atoms with Crippen LogP contribution >= 0.6 is 0 Å². The van der Waals surface area contributed by atoms with Crippen molar-refractivity contribution in [3.05, 3.63) is 59.3 Å². The summed E-state index contributed by atoms with van der Waals surface area (Å²) in [5, 5.41) is 12.8. The van der Waals surface area contributed by atoms with Gasteiger partial charge in [-0.1, -0.05) is 0 Å². The number of halogens is 1. The van der Waals surface area contributed by atoms with Gasteiger partial charge in [-0.2, -0.15) is 0 Å². The highest BCUT2D eigenvalue weighted by Crippen LogP contribution is 2.19. The fourth-order valence-electron chi connectivity index (χ4n) is 2.28. The Morgan fingerprint density at radius 1 is 1.43 bits per heavy atom. The van der Waals surface area contributed by atoms with Crippen LogP contribution in [-0.4, -0.2) is 24.2 Å². The molecule has 0 radical (unpaired) electrons. The van der Waals surface area contributed by atoms with Crippen molar-refractivity contribution in [3.63, 3.8) is 0 Å². The standard InChI is InChI=1S/C17H20FNO4/c1-11(8-15(20)16-4-3-7-23-16)19-17(21)12-5-6-14(18)13(9-12)10-22-2/h3-7,9,11,15,20H,8,10H2,1-2H3,(H,19,21). The summed E-state index contributed by atoms with van der Waals surface area (Å²) in [5.41, 5.74) is 0.668. The van der Waals surface area contributed by atoms with Gasteiger partial charge in [-0.25, -0.2) is 4.39 Å². The first kappa shape index (κ1) is 17.2. The Balaban J connectivity index is 1.97. The van der Waals surface area contributed by atoms with Crippen LogP contribution in [0.4, 0.5) is 4.39 Å². The van der Waals surface area contributed by atoms with Crippen LogP contribution in [0, 0.1) is 5.82 Å². The minimum Gasteiger partial charge on any atom is -0.467 e. The molecule has 2 unspecified atom stereocenters. The molecular weight excluding hydrogens is 301 g/mol. The van der Waals surface area contributed by atoms with Crippen LogP contribution in [-0.2, 0) is 11.3 Å². The summed E-state index contributed by atoms with van der Waals surface area (Å²) in [6.07, 6.45) is 1.00. The van der Waals surface area contributed by atoms with Gasteiger partial charge in [0.25, 0.3) is 5.91 Å². The van der Waals surface area contributed by atoms with Crippen LogP contribution in [0.1, 0.15) is 41.1 Å². The third-order valence-corrected chi connectivity index (χ3v) is 3.43. The molecule has 0 aliphatic heterocycles. The lowest BCUT2D eigenvalue weighted by atomic mass is 10.1. The Labute approximate surface area is 134 Å². The minimum atomic E-state index is -0.794. The lowest BCUT2D eigenvalue weighted by molar-refractivity contribution is 0.0902. The van der Waals surface area contributed by atoms with Gasteiger partial charge in [0, 0.05) is 30.7 Å². The fourth-order valence-corrected chi connectivity index (χ4v) is 2.28. The van der Waals surface area contributed by atoms with Gasteiger partial charge in [0.05, 0.1) is 12.9 Å². The number of ether oxygens (including phenoxy) is 1. The number of hydrogen-bond acceptors (Lipinski definition) is 4. The summed E-state index contributed by atoms with van der Waals surface area (Å²) in [5.74, 6) is -0.290. The van der Waals surface area contributed by atoms with Gasteiger partial charge in [-0.15, -0.1) is 0 Å². The third kappa shape index (κ3) is 4.64. The molecule has 6 heteroatoms. The Kier molecular flexibility index (Phi) is 5.90. The number of aliphatic hydroxyl groups is 1. The monoisotopic (exact) mass is 321 g/mol. The minimum absolute atomic E-state index is 0.0969. The zero-order chi connectivity index (χ0) is 16.8. The van der Waals surface area contributed by atoms with E-state index in [-0.39, 0.29) is 18.6 Å². The Morgan fingerprint density at radius 3 is 2.87 bits per heavy atom. The van der Waals surface area contributed by atoms with Crippen molar-refractivity contribution in [2.75, 3.05) is 7.11 Å². The van der Waals surface area contributed by atoms with Gasteiger partial charge in [0.2, 0.25) is 0 Å². The highest BCUT2D eigenvalue weighted by Gasteiger charge is 2.17. The number of furan rings is 1. The SMILES string of the molecule is COCc1cc(C(=O)NC(C)CC(O)c2ccco2)ccc1F. The van der Waals surface area contributed by atoms with Crippen molar-refractivity contribution >= 4 is 5.91 Å². The molecule has 0 spiro atoms. The first-order valence-electron chi connectivity index (χ1n) is 7.31. The maximum absolute atomic E-state index is 13.6. The number of methoxy groups -OCH3 is 1. The number of aliphatic hydroxyl groups excluding tert-OH is 1. The molecule has 1 amide bonds. The van der Waals surface area contributed by atoms with Crippen molar-refractivity contribution in [2.24, 2.45) is 0 Å². The third-order valence-electron chi connectivity index (χ3n) is 3.43. The predicted molar refractivity (Wildman–Crippen MR) is 82.3 cm³/mol. The number of nitrogens with one attached hydrogen (secondary N) is 1. The van der Waals surface area contributed by atoms with Crippen molar-refractivity contribution < 1.29 is 23.4 Å². The maximum Gasteiger partial charge on any atom is 0.251 e. The van der Waals surface area contributed by atoms with Crippen LogP contribution in [0.2, 0.25) is 0 Å². The average Bonchev–Trinajstić information content (AvgIpc) is 3.03. The zero-order valence-electron chi connectivity index (χ0n) is 13.1. The summed E-state index contributed by atoms with van der Waals surface area (Å²) in [4.78, 5) is 12.2. The van der Waals surface area contributed by atoms with Gasteiger partial charge < -0.3 is 19.6 Å². The molecule has 0 aliphatic carbocycles. The highest BCUT2D eigenvalue weighted by molar-refractivity contribution is 5.94. The molecule has 5 nitrogen and oxygen atoms in total. The summed E-state index contributed by atoms with van der Waals surface area (Å²) < 4.78 is 23.6. The van der Waals surface area contributed by atoms with Crippen molar-refractivity contribution in [2.45, 2.75) is 32.1 Å². The average molecular weight is 321 g/mol. The lowest BCUT2D eigenvalue weighted by Crippen LogP contribution is -2.33. The lowest BCUT2D eigenvalue weighted by Gasteiger charge is -2.17. The molecule has 2 aromatic rings. The van der Waals surface area contributed by atoms with Gasteiger partial charge in [0.15, 0.2) is 0 Å². The molecule has 1 heterocycles. The van der Waals surface area contributed by atoms with E-state index in [2.05, 4.69) is 5.32 Å². The maximum atomic E-state index is 13.6. The molecule has 124 valence electrons. The summed E-state index contributed by atoms with van der Waals surface area (Å²) in [6, 6.07) is 7.21. The van der Waals surface area contributed by atoms with Gasteiger partial charge in [-0.3, -0.25) is 4.79 Å². The highest BCUT2D eigenvalue weighted by atomic mass is 19.1. The first-order chi connectivity index (χ1) is 11.0. The first-order valence-corrected chi connectivity index (χ1v) is 7.31. The number of amides is 1.